The van der Waals surface area contributed by atoms with E-state index in [1.165, 1.54) is 18.5 Å². The number of carbonyl (C=O) groups is 1. The van der Waals surface area contributed by atoms with Crippen LogP contribution in [0.4, 0.5) is 0 Å². The molecule has 0 unspecified atom stereocenters. The highest BCUT2D eigenvalue weighted by Gasteiger charge is 2.22. The van der Waals surface area contributed by atoms with Gasteiger partial charge in [0, 0.05) is 25.9 Å². The van der Waals surface area contributed by atoms with E-state index < -0.39 is 0 Å². The third-order valence-corrected chi connectivity index (χ3v) is 2.87. The number of hydrogen-bond acceptors (Lipinski definition) is 2. The van der Waals surface area contributed by atoms with Crippen LogP contribution in [-0.4, -0.2) is 30.8 Å². The van der Waals surface area contributed by atoms with Gasteiger partial charge in [0.25, 0.3) is 0 Å². The maximum atomic E-state index is 11.2. The van der Waals surface area contributed by atoms with Crippen molar-refractivity contribution in [3.63, 3.8) is 0 Å². The molecule has 1 aliphatic carbocycles. The molecule has 2 aliphatic rings. The molecule has 66 valence electrons. The van der Waals surface area contributed by atoms with Crippen LogP contribution in [-0.2, 0) is 4.79 Å². The Labute approximate surface area is 73.2 Å². The zero-order chi connectivity index (χ0) is 8.55. The van der Waals surface area contributed by atoms with Crippen LogP contribution in [0.25, 0.3) is 0 Å². The first-order chi connectivity index (χ1) is 5.75. The summed E-state index contributed by atoms with van der Waals surface area (Å²) in [6.45, 7) is 2.20. The van der Waals surface area contributed by atoms with Gasteiger partial charge in [-0.1, -0.05) is 5.57 Å². The Bertz CT molecular complexity index is 242. The molecule has 0 bridgehead atoms. The summed E-state index contributed by atoms with van der Waals surface area (Å²) in [5, 5.41) is 0. The lowest BCUT2D eigenvalue weighted by molar-refractivity contribution is -0.118. The second-order valence-corrected chi connectivity index (χ2v) is 3.91. The molecule has 2 heteroatoms. The second-order valence-electron chi connectivity index (χ2n) is 3.91. The molecule has 0 spiro atoms. The number of likely N-dealkylation sites (N-methyl/N-ethyl adjacent to an activating group) is 1. The Morgan fingerprint density at radius 1 is 1.17 bits per heavy atom. The second kappa shape index (κ2) is 3.02. The molecule has 0 aromatic carbocycles. The quantitative estimate of drug-likeness (QED) is 0.505. The van der Waals surface area contributed by atoms with E-state index in [9.17, 15) is 4.79 Å². The van der Waals surface area contributed by atoms with Crippen LogP contribution in [0.2, 0.25) is 0 Å². The van der Waals surface area contributed by atoms with E-state index in [-0.39, 0.29) is 0 Å². The smallest absolute Gasteiger partial charge is 0.137 e. The molecule has 2 rings (SSSR count). The number of rotatable bonds is 0. The van der Waals surface area contributed by atoms with Gasteiger partial charge >= 0.3 is 0 Å². The summed E-state index contributed by atoms with van der Waals surface area (Å²) in [5.74, 6) is 0.434. The Hall–Kier alpha value is -0.630. The van der Waals surface area contributed by atoms with E-state index in [2.05, 4.69) is 11.9 Å². The van der Waals surface area contributed by atoms with E-state index in [0.717, 1.165) is 25.8 Å². The summed E-state index contributed by atoms with van der Waals surface area (Å²) in [6, 6.07) is 0. The highest BCUT2D eigenvalue weighted by molar-refractivity contribution is 5.82. The first-order valence-electron chi connectivity index (χ1n) is 4.66. The topological polar surface area (TPSA) is 20.3 Å². The van der Waals surface area contributed by atoms with Gasteiger partial charge < -0.3 is 4.90 Å². The van der Waals surface area contributed by atoms with Crippen molar-refractivity contribution >= 4 is 5.78 Å². The van der Waals surface area contributed by atoms with Crippen LogP contribution in [0.15, 0.2) is 11.1 Å². The first kappa shape index (κ1) is 7.99. The first-order valence-corrected chi connectivity index (χ1v) is 4.66. The molecular weight excluding hydrogens is 150 g/mol. The lowest BCUT2D eigenvalue weighted by atomic mass is 9.86. The van der Waals surface area contributed by atoms with Crippen molar-refractivity contribution in [3.8, 4) is 0 Å². The van der Waals surface area contributed by atoms with Gasteiger partial charge in [-0.25, -0.2) is 0 Å². The summed E-state index contributed by atoms with van der Waals surface area (Å²) in [4.78, 5) is 13.5. The number of hydrogen-bond donors (Lipinski definition) is 0. The lowest BCUT2D eigenvalue weighted by Crippen LogP contribution is -2.30. The van der Waals surface area contributed by atoms with Crippen molar-refractivity contribution in [1.82, 2.24) is 4.90 Å². The molecule has 0 aromatic rings. The number of Topliss-reactive ketones (excluding diaryl/α,β-unsaturated/α-hetero) is 1. The minimum atomic E-state index is 0.434. The van der Waals surface area contributed by atoms with E-state index in [4.69, 9.17) is 0 Å². The molecule has 0 fully saturated rings. The standard InChI is InChI=1S/C10H15NO/c1-11-5-4-8-2-3-10(12)6-9(8)7-11/h2-7H2,1H3. The molecule has 1 heterocycles. The average molecular weight is 165 g/mol. The Kier molecular flexibility index (Phi) is 2.01. The molecule has 0 saturated heterocycles. The highest BCUT2D eigenvalue weighted by Crippen LogP contribution is 2.28. The van der Waals surface area contributed by atoms with Gasteiger partial charge in [-0.2, -0.15) is 0 Å². The largest absolute Gasteiger partial charge is 0.302 e. The summed E-state index contributed by atoms with van der Waals surface area (Å²) in [5.41, 5.74) is 2.99. The van der Waals surface area contributed by atoms with E-state index >= 15 is 0 Å². The van der Waals surface area contributed by atoms with Crippen molar-refractivity contribution in [1.29, 1.82) is 0 Å². The minimum absolute atomic E-state index is 0.434. The van der Waals surface area contributed by atoms with Crippen molar-refractivity contribution < 1.29 is 4.79 Å². The SMILES string of the molecule is CN1CCC2=C(CC(=O)CC2)C1. The van der Waals surface area contributed by atoms with Gasteiger partial charge in [-0.15, -0.1) is 0 Å². The van der Waals surface area contributed by atoms with Crippen LogP contribution in [0, 0.1) is 0 Å². The van der Waals surface area contributed by atoms with Crippen molar-refractivity contribution in [2.45, 2.75) is 25.7 Å². The molecule has 1 aliphatic heterocycles. The average Bonchev–Trinajstić information content (AvgIpc) is 2.03. The van der Waals surface area contributed by atoms with Gasteiger partial charge in [-0.3, -0.25) is 4.79 Å². The maximum Gasteiger partial charge on any atom is 0.137 e. The predicted octanol–water partition coefficient (Wildman–Crippen LogP) is 1.37. The fourth-order valence-corrected chi connectivity index (χ4v) is 2.12. The maximum absolute atomic E-state index is 11.2. The van der Waals surface area contributed by atoms with Gasteiger partial charge in [-0.05, 0) is 25.5 Å². The Balaban J connectivity index is 2.17. The minimum Gasteiger partial charge on any atom is -0.302 e. The summed E-state index contributed by atoms with van der Waals surface area (Å²) in [7, 11) is 2.13. The lowest BCUT2D eigenvalue weighted by Gasteiger charge is -2.30. The van der Waals surface area contributed by atoms with E-state index in [1.54, 1.807) is 5.57 Å². The third kappa shape index (κ3) is 1.44. The number of ketones is 1. The Morgan fingerprint density at radius 3 is 2.83 bits per heavy atom. The van der Waals surface area contributed by atoms with Crippen LogP contribution in [0.1, 0.15) is 25.7 Å². The monoisotopic (exact) mass is 165 g/mol. The van der Waals surface area contributed by atoms with E-state index in [0.29, 0.717) is 5.78 Å². The molecule has 0 amide bonds. The molecule has 0 radical (unpaired) electrons. The van der Waals surface area contributed by atoms with Crippen molar-refractivity contribution in [2.24, 2.45) is 0 Å². The van der Waals surface area contributed by atoms with Gasteiger partial charge in [0.15, 0.2) is 0 Å². The fourth-order valence-electron chi connectivity index (χ4n) is 2.12. The third-order valence-electron chi connectivity index (χ3n) is 2.87. The summed E-state index contributed by atoms with van der Waals surface area (Å²) in [6.07, 6.45) is 3.77. The molecule has 0 atom stereocenters. The van der Waals surface area contributed by atoms with Crippen LogP contribution in [0.5, 0.6) is 0 Å². The zero-order valence-electron chi connectivity index (χ0n) is 7.60. The van der Waals surface area contributed by atoms with Crippen molar-refractivity contribution in [2.75, 3.05) is 20.1 Å². The molecular formula is C10H15NO. The zero-order valence-corrected chi connectivity index (χ0v) is 7.60. The number of nitrogens with zero attached hydrogens (tertiary/aromatic N) is 1. The Morgan fingerprint density at radius 2 is 2.00 bits per heavy atom. The van der Waals surface area contributed by atoms with Crippen LogP contribution in [0.3, 0.4) is 0 Å². The van der Waals surface area contributed by atoms with Crippen LogP contribution >= 0.6 is 0 Å². The summed E-state index contributed by atoms with van der Waals surface area (Å²) >= 11 is 0. The molecule has 2 nitrogen and oxygen atoms in total. The molecule has 0 N–H and O–H groups in total. The van der Waals surface area contributed by atoms with Gasteiger partial charge in [0.05, 0.1) is 0 Å². The normalized spacial score (nSPS) is 25.9. The highest BCUT2D eigenvalue weighted by atomic mass is 16.1. The van der Waals surface area contributed by atoms with Crippen LogP contribution < -0.4 is 0 Å². The van der Waals surface area contributed by atoms with E-state index in [1.807, 2.05) is 0 Å². The van der Waals surface area contributed by atoms with Gasteiger partial charge in [0.2, 0.25) is 0 Å². The fraction of sp³-hybridized carbons (Fsp3) is 0.700. The summed E-state index contributed by atoms with van der Waals surface area (Å²) < 4.78 is 0. The van der Waals surface area contributed by atoms with Gasteiger partial charge in [0.1, 0.15) is 5.78 Å². The molecule has 0 saturated carbocycles. The molecule has 0 aromatic heterocycles. The predicted molar refractivity (Wildman–Crippen MR) is 48.0 cm³/mol. The number of carbonyl (C=O) groups excluding carboxylic acids is 1. The molecule has 12 heavy (non-hydrogen) atoms. The van der Waals surface area contributed by atoms with Crippen molar-refractivity contribution in [3.05, 3.63) is 11.1 Å².